The van der Waals surface area contributed by atoms with Gasteiger partial charge in [-0.3, -0.25) is 14.2 Å². The lowest BCUT2D eigenvalue weighted by atomic mass is 10.2. The van der Waals surface area contributed by atoms with Crippen LogP contribution < -0.4 is 10.9 Å². The Hall–Kier alpha value is -2.63. The van der Waals surface area contributed by atoms with Crippen molar-refractivity contribution >= 4 is 34.8 Å². The minimum Gasteiger partial charge on any atom is -0.323 e. The van der Waals surface area contributed by atoms with Crippen molar-refractivity contribution in [3.63, 3.8) is 0 Å². The summed E-state index contributed by atoms with van der Waals surface area (Å²) in [6, 6.07) is 16.0. The summed E-state index contributed by atoms with van der Waals surface area (Å²) in [4.78, 5) is 29.5. The van der Waals surface area contributed by atoms with E-state index >= 15 is 0 Å². The van der Waals surface area contributed by atoms with Gasteiger partial charge in [0.1, 0.15) is 17.4 Å². The van der Waals surface area contributed by atoms with Crippen molar-refractivity contribution < 1.29 is 4.79 Å². The average molecular weight is 388 g/mol. The Kier molecular flexibility index (Phi) is 5.40. The van der Waals surface area contributed by atoms with Gasteiger partial charge in [-0.15, -0.1) is 0 Å². The Morgan fingerprint density at radius 3 is 2.42 bits per heavy atom. The summed E-state index contributed by atoms with van der Waals surface area (Å²) in [5.74, 6) is -0.0223. The van der Waals surface area contributed by atoms with Crippen LogP contribution in [-0.4, -0.2) is 15.5 Å². The smallest absolute Gasteiger partial charge is 0.273 e. The van der Waals surface area contributed by atoms with Gasteiger partial charge in [-0.2, -0.15) is 0 Å². The number of halogens is 2. The van der Waals surface area contributed by atoms with Crippen LogP contribution in [0, 0.1) is 6.92 Å². The summed E-state index contributed by atoms with van der Waals surface area (Å²) in [6.07, 6.45) is 0. The lowest BCUT2D eigenvalue weighted by molar-refractivity contribution is -0.116. The highest BCUT2D eigenvalue weighted by Crippen LogP contribution is 2.21. The summed E-state index contributed by atoms with van der Waals surface area (Å²) >= 11 is 12.1. The molecule has 1 heterocycles. The van der Waals surface area contributed by atoms with Crippen LogP contribution >= 0.6 is 23.2 Å². The quantitative estimate of drug-likeness (QED) is 0.730. The zero-order chi connectivity index (χ0) is 18.7. The Labute approximate surface area is 160 Å². The summed E-state index contributed by atoms with van der Waals surface area (Å²) in [5.41, 5.74) is 1.14. The molecular weight excluding hydrogens is 373 g/mol. The minimum atomic E-state index is -0.465. The molecule has 3 rings (SSSR count). The Morgan fingerprint density at radius 2 is 1.73 bits per heavy atom. The van der Waals surface area contributed by atoms with Crippen molar-refractivity contribution in [1.29, 1.82) is 0 Å². The highest BCUT2D eigenvalue weighted by Gasteiger charge is 2.17. The van der Waals surface area contributed by atoms with E-state index in [9.17, 15) is 9.59 Å². The fourth-order valence-corrected chi connectivity index (χ4v) is 2.82. The standard InChI is InChI=1S/C19H15Cl2N3O2/c1-12-17(21)19(26)24(18(22-12)13-7-3-2-4-8-13)11-16(25)23-15-10-6-5-9-14(15)20/h2-10H,11H2,1H3,(H,23,25). The molecule has 0 bridgehead atoms. The largest absolute Gasteiger partial charge is 0.323 e. The van der Waals surface area contributed by atoms with Gasteiger partial charge in [-0.25, -0.2) is 4.98 Å². The number of anilines is 1. The lowest BCUT2D eigenvalue weighted by Crippen LogP contribution is -2.30. The summed E-state index contributed by atoms with van der Waals surface area (Å²) in [7, 11) is 0. The van der Waals surface area contributed by atoms with E-state index in [0.29, 0.717) is 22.2 Å². The van der Waals surface area contributed by atoms with Crippen molar-refractivity contribution in [1.82, 2.24) is 9.55 Å². The van der Waals surface area contributed by atoms with Crippen LogP contribution in [0.15, 0.2) is 59.4 Å². The highest BCUT2D eigenvalue weighted by molar-refractivity contribution is 6.33. The van der Waals surface area contributed by atoms with Gasteiger partial charge >= 0.3 is 0 Å². The second-order valence-corrected chi connectivity index (χ2v) is 6.41. The van der Waals surface area contributed by atoms with Gasteiger partial charge in [0.05, 0.1) is 16.4 Å². The number of hydrogen-bond donors (Lipinski definition) is 1. The molecule has 3 aromatic rings. The molecule has 0 aliphatic rings. The molecule has 1 N–H and O–H groups in total. The number of amides is 1. The number of hydrogen-bond acceptors (Lipinski definition) is 3. The van der Waals surface area contributed by atoms with Crippen LogP contribution in [0.3, 0.4) is 0 Å². The van der Waals surface area contributed by atoms with Crippen LogP contribution in [0.1, 0.15) is 5.69 Å². The molecule has 0 saturated heterocycles. The predicted molar refractivity (Wildman–Crippen MR) is 104 cm³/mol. The number of benzene rings is 2. The third-order valence-electron chi connectivity index (χ3n) is 3.76. The summed E-state index contributed by atoms with van der Waals surface area (Å²) < 4.78 is 1.26. The predicted octanol–water partition coefficient (Wildman–Crippen LogP) is 4.16. The fraction of sp³-hybridized carbons (Fsp3) is 0.105. The topological polar surface area (TPSA) is 64.0 Å². The van der Waals surface area contributed by atoms with Gasteiger partial charge < -0.3 is 5.32 Å². The first-order chi connectivity index (χ1) is 12.5. The monoisotopic (exact) mass is 387 g/mol. The molecule has 0 aliphatic carbocycles. The van der Waals surface area contributed by atoms with E-state index in [1.165, 1.54) is 4.57 Å². The maximum Gasteiger partial charge on any atom is 0.273 e. The normalized spacial score (nSPS) is 10.6. The van der Waals surface area contributed by atoms with Crippen molar-refractivity contribution in [3.8, 4) is 11.4 Å². The van der Waals surface area contributed by atoms with Gasteiger partial charge in [0.25, 0.3) is 5.56 Å². The number of carbonyl (C=O) groups excluding carboxylic acids is 1. The third kappa shape index (κ3) is 3.79. The summed E-state index contributed by atoms with van der Waals surface area (Å²) in [6.45, 7) is 1.42. The Morgan fingerprint density at radius 1 is 1.08 bits per heavy atom. The molecule has 0 atom stereocenters. The third-order valence-corrected chi connectivity index (χ3v) is 4.53. The number of para-hydroxylation sites is 1. The van der Waals surface area contributed by atoms with Gasteiger partial charge in [0.15, 0.2) is 0 Å². The SMILES string of the molecule is Cc1nc(-c2ccccc2)n(CC(=O)Nc2ccccc2Cl)c(=O)c1Cl. The first kappa shape index (κ1) is 18.2. The molecule has 1 amide bonds. The molecule has 5 nitrogen and oxygen atoms in total. The molecule has 132 valence electrons. The van der Waals surface area contributed by atoms with E-state index in [4.69, 9.17) is 23.2 Å². The molecule has 0 spiro atoms. The average Bonchev–Trinajstić information content (AvgIpc) is 2.64. The lowest BCUT2D eigenvalue weighted by Gasteiger charge is -2.14. The first-order valence-electron chi connectivity index (χ1n) is 7.84. The van der Waals surface area contributed by atoms with Crippen molar-refractivity contribution in [2.24, 2.45) is 0 Å². The maximum absolute atomic E-state index is 12.6. The summed E-state index contributed by atoms with van der Waals surface area (Å²) in [5, 5.41) is 3.11. The Bertz CT molecular complexity index is 1020. The van der Waals surface area contributed by atoms with E-state index in [1.54, 1.807) is 31.2 Å². The molecule has 2 aromatic carbocycles. The first-order valence-corrected chi connectivity index (χ1v) is 8.59. The molecule has 0 fully saturated rings. The molecule has 26 heavy (non-hydrogen) atoms. The number of aryl methyl sites for hydroxylation is 1. The number of carbonyl (C=O) groups is 1. The van der Waals surface area contributed by atoms with Gasteiger partial charge in [-0.05, 0) is 19.1 Å². The maximum atomic E-state index is 12.6. The zero-order valence-electron chi connectivity index (χ0n) is 13.9. The van der Waals surface area contributed by atoms with Crippen molar-refractivity contribution in [2.75, 3.05) is 5.32 Å². The molecule has 0 saturated carbocycles. The van der Waals surface area contributed by atoms with Crippen LogP contribution in [0.2, 0.25) is 10.0 Å². The van der Waals surface area contributed by atoms with Crippen LogP contribution in [0.4, 0.5) is 5.69 Å². The molecule has 0 radical (unpaired) electrons. The highest BCUT2D eigenvalue weighted by atomic mass is 35.5. The second-order valence-electron chi connectivity index (χ2n) is 5.62. The van der Waals surface area contributed by atoms with E-state index in [1.807, 2.05) is 30.3 Å². The number of aromatic nitrogens is 2. The van der Waals surface area contributed by atoms with Crippen LogP contribution in [-0.2, 0) is 11.3 Å². The van der Waals surface area contributed by atoms with Gasteiger partial charge in [0.2, 0.25) is 5.91 Å². The minimum absolute atomic E-state index is 0.00442. The zero-order valence-corrected chi connectivity index (χ0v) is 15.4. The Balaban J connectivity index is 1.99. The fourth-order valence-electron chi connectivity index (χ4n) is 2.49. The van der Waals surface area contributed by atoms with E-state index in [0.717, 1.165) is 5.56 Å². The molecule has 1 aromatic heterocycles. The number of nitrogens with one attached hydrogen (secondary N) is 1. The van der Waals surface area contributed by atoms with E-state index in [-0.39, 0.29) is 11.6 Å². The van der Waals surface area contributed by atoms with E-state index in [2.05, 4.69) is 10.3 Å². The van der Waals surface area contributed by atoms with Crippen LogP contribution in [0.25, 0.3) is 11.4 Å². The van der Waals surface area contributed by atoms with Gasteiger partial charge in [-0.1, -0.05) is 65.7 Å². The molecule has 0 unspecified atom stereocenters. The van der Waals surface area contributed by atoms with Crippen molar-refractivity contribution in [3.05, 3.63) is 80.7 Å². The second kappa shape index (κ2) is 7.72. The number of rotatable bonds is 4. The van der Waals surface area contributed by atoms with Gasteiger partial charge in [0, 0.05) is 5.56 Å². The number of nitrogens with zero attached hydrogens (tertiary/aromatic N) is 2. The molecular formula is C19H15Cl2N3O2. The van der Waals surface area contributed by atoms with Crippen LogP contribution in [0.5, 0.6) is 0 Å². The van der Waals surface area contributed by atoms with Crippen molar-refractivity contribution in [2.45, 2.75) is 13.5 Å². The van der Waals surface area contributed by atoms with E-state index < -0.39 is 11.5 Å². The molecule has 7 heteroatoms. The molecule has 0 aliphatic heterocycles.